The third-order valence-electron chi connectivity index (χ3n) is 14.9. The maximum atomic E-state index is 15.0. The van der Waals surface area contributed by atoms with E-state index in [2.05, 4.69) is 9.97 Å². The van der Waals surface area contributed by atoms with E-state index in [0.29, 0.717) is 11.1 Å². The van der Waals surface area contributed by atoms with E-state index in [-0.39, 0.29) is 74.0 Å². The number of nitrogens with zero attached hydrogens (tertiary/aromatic N) is 6. The zero-order valence-electron chi connectivity index (χ0n) is 50.7. The molecule has 1 saturated heterocycles. The number of rotatable bonds is 16. The van der Waals surface area contributed by atoms with Gasteiger partial charge in [0, 0.05) is 76.0 Å². The molecule has 0 spiro atoms. The van der Waals surface area contributed by atoms with Gasteiger partial charge in [-0.1, -0.05) is 118 Å². The summed E-state index contributed by atoms with van der Waals surface area (Å²) in [5, 5.41) is 5.65. The van der Waals surface area contributed by atoms with Gasteiger partial charge >= 0.3 is 23.9 Å². The van der Waals surface area contributed by atoms with Gasteiger partial charge in [-0.05, 0) is 85.5 Å². The van der Waals surface area contributed by atoms with Crippen molar-refractivity contribution in [2.75, 3.05) is 28.2 Å². The van der Waals surface area contributed by atoms with Gasteiger partial charge in [-0.2, -0.15) is 0 Å². The van der Waals surface area contributed by atoms with Gasteiger partial charge < -0.3 is 38.5 Å². The van der Waals surface area contributed by atoms with Gasteiger partial charge in [0.15, 0.2) is 24.4 Å². The summed E-state index contributed by atoms with van der Waals surface area (Å²) in [6.07, 6.45) is -2.43. The first kappa shape index (κ1) is 66.3. The average Bonchev–Trinajstić information content (AvgIpc) is 4.20. The number of carbonyl (C=O) groups is 8. The highest BCUT2D eigenvalue weighted by Gasteiger charge is 2.43. The van der Waals surface area contributed by atoms with Gasteiger partial charge in [0.25, 0.3) is 23.6 Å². The number of hydrogen-bond acceptors (Lipinski definition) is 16. The third kappa shape index (κ3) is 17.7. The molecule has 4 amide bonds. The minimum atomic E-state index is -1.53. The van der Waals surface area contributed by atoms with Crippen molar-refractivity contribution in [1.29, 1.82) is 0 Å². The number of carbonyl (C=O) groups excluding carboxylic acids is 8. The molecule has 0 bridgehead atoms. The van der Waals surface area contributed by atoms with Gasteiger partial charge in [0.1, 0.15) is 24.2 Å². The van der Waals surface area contributed by atoms with Gasteiger partial charge in [-0.25, -0.2) is 29.1 Å². The highest BCUT2D eigenvalue weighted by Crippen LogP contribution is 2.30. The lowest BCUT2D eigenvalue weighted by atomic mass is 9.97. The largest absolute Gasteiger partial charge is 0.451 e. The van der Waals surface area contributed by atoms with Crippen LogP contribution >= 0.6 is 22.7 Å². The maximum Gasteiger partial charge on any atom is 0.329 e. The molecule has 1 aliphatic rings. The van der Waals surface area contributed by atoms with Crippen molar-refractivity contribution in [3.05, 3.63) is 104 Å². The van der Waals surface area contributed by atoms with Crippen molar-refractivity contribution in [2.45, 2.75) is 182 Å². The highest BCUT2D eigenvalue weighted by atomic mass is 32.1. The second-order valence-corrected chi connectivity index (χ2v) is 25.3. The summed E-state index contributed by atoms with van der Waals surface area (Å²) in [5.74, 6) is -7.41. The van der Waals surface area contributed by atoms with E-state index in [4.69, 9.17) is 18.9 Å². The molecule has 82 heavy (non-hydrogen) atoms. The van der Waals surface area contributed by atoms with E-state index in [0.717, 1.165) is 30.9 Å². The molecular weight excluding hydrogens is 1080 g/mol. The fourth-order valence-electron chi connectivity index (χ4n) is 9.98. The predicted octanol–water partition coefficient (Wildman–Crippen LogP) is 8.88. The minimum Gasteiger partial charge on any atom is -0.451 e. The van der Waals surface area contributed by atoms with Gasteiger partial charge in [0.05, 0.1) is 10.0 Å². The molecule has 3 heterocycles. The quantitative estimate of drug-likeness (QED) is 0.0758. The van der Waals surface area contributed by atoms with Crippen LogP contribution in [-0.2, 0) is 70.1 Å². The van der Waals surface area contributed by atoms with Crippen LogP contribution in [0.5, 0.6) is 0 Å². The molecular formula is C62H86N6O12S2. The number of likely N-dealkylation sites (N-methyl/N-ethyl adjacent to an activating group) is 4. The number of benzene rings is 2. The number of hydrogen-bond donors (Lipinski definition) is 0. The summed E-state index contributed by atoms with van der Waals surface area (Å²) >= 11 is 3.07. The Labute approximate surface area is 492 Å². The monoisotopic (exact) mass is 1170 g/mol. The lowest BCUT2D eigenvalue weighted by Gasteiger charge is -2.35. The Bertz CT molecular complexity index is 2570. The second-order valence-electron chi connectivity index (χ2n) is 23.5. The minimum absolute atomic E-state index is 0.0220. The lowest BCUT2D eigenvalue weighted by Crippen LogP contribution is -2.55. The molecule has 0 radical (unpaired) electrons. The van der Waals surface area contributed by atoms with E-state index < -0.39 is 96.1 Å². The molecule has 0 saturated carbocycles. The van der Waals surface area contributed by atoms with Crippen molar-refractivity contribution in [3.63, 3.8) is 0 Å². The zero-order valence-corrected chi connectivity index (χ0v) is 52.3. The van der Waals surface area contributed by atoms with E-state index in [1.54, 1.807) is 12.4 Å². The fraction of sp³-hybridized carbons (Fsp3) is 0.581. The predicted molar refractivity (Wildman–Crippen MR) is 314 cm³/mol. The number of cyclic esters (lactones) is 4. The average molecular weight is 1170 g/mol. The number of aromatic nitrogens is 2. The summed E-state index contributed by atoms with van der Waals surface area (Å²) in [5.41, 5.74) is 3.19. The molecule has 448 valence electrons. The van der Waals surface area contributed by atoms with E-state index in [1.807, 2.05) is 129 Å². The first-order valence-electron chi connectivity index (χ1n) is 28.4. The van der Waals surface area contributed by atoms with Crippen LogP contribution in [0.15, 0.2) is 71.7 Å². The van der Waals surface area contributed by atoms with Crippen LogP contribution in [0.3, 0.4) is 0 Å². The topological polar surface area (TPSA) is 212 Å². The summed E-state index contributed by atoms with van der Waals surface area (Å²) in [4.78, 5) is 131. The summed E-state index contributed by atoms with van der Waals surface area (Å²) in [6.45, 7) is 21.7. The van der Waals surface area contributed by atoms with Gasteiger partial charge in [-0.3, -0.25) is 19.2 Å². The maximum absolute atomic E-state index is 15.0. The third-order valence-corrected chi connectivity index (χ3v) is 16.8. The Kier molecular flexibility index (Phi) is 24.4. The molecule has 4 aromatic rings. The molecule has 10 atom stereocenters. The van der Waals surface area contributed by atoms with E-state index in [1.165, 1.54) is 74.5 Å². The lowest BCUT2D eigenvalue weighted by molar-refractivity contribution is -0.176. The zero-order chi connectivity index (χ0) is 60.9. The summed E-state index contributed by atoms with van der Waals surface area (Å²) < 4.78 is 24.3. The van der Waals surface area contributed by atoms with Crippen molar-refractivity contribution < 1.29 is 57.3 Å². The molecule has 5 rings (SSSR count). The van der Waals surface area contributed by atoms with Crippen LogP contribution < -0.4 is 0 Å². The van der Waals surface area contributed by atoms with Gasteiger partial charge in [-0.15, -0.1) is 22.7 Å². The molecule has 18 nitrogen and oxygen atoms in total. The Morgan fingerprint density at radius 3 is 0.939 bits per heavy atom. The molecule has 2 aromatic heterocycles. The van der Waals surface area contributed by atoms with E-state index in [9.17, 15) is 28.8 Å². The molecule has 0 aliphatic carbocycles. The molecule has 1 fully saturated rings. The molecule has 0 N–H and O–H groups in total. The molecule has 2 aromatic carbocycles. The number of thiazole rings is 2. The van der Waals surface area contributed by atoms with Crippen molar-refractivity contribution in [2.24, 2.45) is 23.7 Å². The van der Waals surface area contributed by atoms with Crippen LogP contribution in [0.25, 0.3) is 0 Å². The smallest absolute Gasteiger partial charge is 0.329 e. The number of ether oxygens (including phenoxy) is 4. The summed E-state index contributed by atoms with van der Waals surface area (Å²) in [7, 11) is 5.60. The standard InChI is InChI=1S/C62H86N6O12S2/c1-35(2)29-47-59(73)77-41(11)55(69)65(13)50(32-38(7)8)62(76)80-52(34-44-19-23-46(24-20-44)40(10)54-64-26-28-82-54)58(72)68(16)48(30-36(3)4)60(74)78-42(12)56(70)66(14)49(31-37(5)6)61(75)79-51(57(71)67(47)15)33-43-17-21-45(22-18-43)39(9)53-63-25-27-81-53/h17-28,35-42,47-52H,29-34H2,1-16H3/t39-,40-,41-,42-,47+,48+,49+,50+,51-,52-/m1/s1. The highest BCUT2D eigenvalue weighted by molar-refractivity contribution is 7.09. The van der Waals surface area contributed by atoms with E-state index >= 15 is 9.59 Å². The first-order valence-corrected chi connectivity index (χ1v) is 30.2. The molecule has 0 unspecified atom stereocenters. The first-order chi connectivity index (χ1) is 38.6. The van der Waals surface area contributed by atoms with Crippen LogP contribution in [0.1, 0.15) is 153 Å². The Morgan fingerprint density at radius 1 is 0.415 bits per heavy atom. The fourth-order valence-corrected chi connectivity index (χ4v) is 11.4. The Hall–Kier alpha value is -6.54. The van der Waals surface area contributed by atoms with Crippen LogP contribution in [0.4, 0.5) is 0 Å². The second kappa shape index (κ2) is 30.1. The number of amides is 4. The van der Waals surface area contributed by atoms with Crippen LogP contribution in [-0.4, -0.2) is 154 Å². The molecule has 1 aliphatic heterocycles. The Morgan fingerprint density at radius 2 is 0.683 bits per heavy atom. The number of esters is 4. The van der Waals surface area contributed by atoms with Gasteiger partial charge in [0.2, 0.25) is 0 Å². The normalized spacial score (nSPS) is 23.8. The van der Waals surface area contributed by atoms with Crippen molar-refractivity contribution in [3.8, 4) is 0 Å². The summed E-state index contributed by atoms with van der Waals surface area (Å²) in [6, 6.07) is 9.86. The van der Waals surface area contributed by atoms with Crippen LogP contribution in [0, 0.1) is 23.7 Å². The van der Waals surface area contributed by atoms with Crippen molar-refractivity contribution in [1.82, 2.24) is 29.6 Å². The van der Waals surface area contributed by atoms with Crippen LogP contribution in [0.2, 0.25) is 0 Å². The SMILES string of the molecule is CC(C)C[C@H]1C(=O)O[C@H](Cc2ccc([C@@H](C)c3nccs3)cc2)C(=O)N(C)[C@@H](CC(C)C)C(=O)O[C@H](C)C(=O)N(C)[C@@H](CC(C)C)C(=O)O[C@H](Cc2ccc([C@@H](C)c3nccs3)cc2)C(=O)N(C)[C@@H](CC(C)C)C(=O)O[C@H](C)C(=O)N1C. The Balaban J connectivity index is 1.60. The molecule has 20 heteroatoms. The van der Waals surface area contributed by atoms with Crippen molar-refractivity contribution >= 4 is 70.2 Å².